The van der Waals surface area contributed by atoms with Gasteiger partial charge >= 0.3 is 0 Å². The Morgan fingerprint density at radius 3 is 2.47 bits per heavy atom. The predicted molar refractivity (Wildman–Crippen MR) is 145 cm³/mol. The van der Waals surface area contributed by atoms with Crippen LogP contribution in [0.4, 0.5) is 0 Å². The van der Waals surface area contributed by atoms with Crippen molar-refractivity contribution >= 4 is 22.6 Å². The summed E-state index contributed by atoms with van der Waals surface area (Å²) in [5, 5.41) is 8.66. The second-order valence-electron chi connectivity index (χ2n) is 10.5. The van der Waals surface area contributed by atoms with E-state index >= 15 is 0 Å². The minimum absolute atomic E-state index is 0.0422. The third-order valence-electron chi connectivity index (χ3n) is 8.01. The Balaban J connectivity index is 1.28. The Morgan fingerprint density at radius 2 is 1.67 bits per heavy atom. The van der Waals surface area contributed by atoms with Crippen molar-refractivity contribution in [3.05, 3.63) is 83.4 Å². The van der Waals surface area contributed by atoms with Crippen LogP contribution in [0.1, 0.15) is 60.0 Å². The van der Waals surface area contributed by atoms with Crippen LogP contribution in [-0.4, -0.2) is 41.9 Å². The summed E-state index contributed by atoms with van der Waals surface area (Å²) in [6, 6.07) is 21.9. The Labute approximate surface area is 214 Å². The lowest BCUT2D eigenvalue weighted by Crippen LogP contribution is -2.45. The van der Waals surface area contributed by atoms with Gasteiger partial charge in [0.1, 0.15) is 0 Å². The molecule has 5 nitrogen and oxygen atoms in total. The first-order valence-corrected chi connectivity index (χ1v) is 13.4. The van der Waals surface area contributed by atoms with E-state index < -0.39 is 0 Å². The number of amides is 2. The number of aryl methyl sites for hydroxylation is 1. The fraction of sp³-hybridized carbons (Fsp3) is 0.419. The molecule has 1 heterocycles. The topological polar surface area (TPSA) is 61.4 Å². The Kier molecular flexibility index (Phi) is 7.66. The number of rotatable bonds is 7. The minimum atomic E-state index is -0.210. The smallest absolute Gasteiger partial charge is 0.251 e. The van der Waals surface area contributed by atoms with E-state index in [4.69, 9.17) is 0 Å². The number of likely N-dealkylation sites (tertiary alicyclic amines) is 1. The van der Waals surface area contributed by atoms with Crippen LogP contribution in [0.2, 0.25) is 0 Å². The van der Waals surface area contributed by atoms with E-state index in [2.05, 4.69) is 27.7 Å². The van der Waals surface area contributed by atoms with Gasteiger partial charge in [0.2, 0.25) is 5.91 Å². The van der Waals surface area contributed by atoms with Crippen LogP contribution in [0.15, 0.2) is 66.7 Å². The van der Waals surface area contributed by atoms with Gasteiger partial charge < -0.3 is 10.6 Å². The van der Waals surface area contributed by atoms with Crippen LogP contribution in [0, 0.1) is 12.8 Å². The number of benzene rings is 3. The van der Waals surface area contributed by atoms with Gasteiger partial charge in [-0.05, 0) is 60.1 Å². The molecule has 2 atom stereocenters. The molecule has 0 bridgehead atoms. The standard InChI is InChI=1S/C31H37N3O2/c1-22-27-15-9-8-14-25(27)16-17-28(22)30(35)33-26-18-29(31(36)32-19-23-10-4-2-5-11-23)34(21-26)20-24-12-6-3-7-13-24/h2,4-5,8-11,14-17,24,26,29H,3,6-7,12-13,18-21H2,1H3,(H,32,36)(H,33,35). The molecule has 3 aromatic rings. The van der Waals surface area contributed by atoms with E-state index in [1.807, 2.05) is 61.5 Å². The lowest BCUT2D eigenvalue weighted by molar-refractivity contribution is -0.125. The molecule has 2 unspecified atom stereocenters. The summed E-state index contributed by atoms with van der Waals surface area (Å²) in [5.74, 6) is 0.653. The summed E-state index contributed by atoms with van der Waals surface area (Å²) in [5.41, 5.74) is 2.81. The van der Waals surface area contributed by atoms with E-state index in [1.54, 1.807) is 0 Å². The molecule has 2 amide bonds. The zero-order valence-corrected chi connectivity index (χ0v) is 21.2. The number of hydrogen-bond donors (Lipinski definition) is 2. The largest absolute Gasteiger partial charge is 0.351 e. The lowest BCUT2D eigenvalue weighted by atomic mass is 9.89. The number of fused-ring (bicyclic) bond motifs is 1. The molecule has 36 heavy (non-hydrogen) atoms. The number of carbonyl (C=O) groups excluding carboxylic acids is 2. The number of carbonyl (C=O) groups is 2. The first-order valence-electron chi connectivity index (χ1n) is 13.4. The average Bonchev–Trinajstić information content (AvgIpc) is 3.30. The molecule has 2 fully saturated rings. The maximum Gasteiger partial charge on any atom is 0.251 e. The Morgan fingerprint density at radius 1 is 0.917 bits per heavy atom. The van der Waals surface area contributed by atoms with E-state index in [0.29, 0.717) is 24.4 Å². The van der Waals surface area contributed by atoms with Gasteiger partial charge in [-0.1, -0.05) is 79.9 Å². The molecular weight excluding hydrogens is 446 g/mol. The third kappa shape index (κ3) is 5.62. The zero-order valence-electron chi connectivity index (χ0n) is 21.2. The highest BCUT2D eigenvalue weighted by atomic mass is 16.2. The molecule has 188 valence electrons. The van der Waals surface area contributed by atoms with Gasteiger partial charge in [0.15, 0.2) is 0 Å². The summed E-state index contributed by atoms with van der Waals surface area (Å²) in [7, 11) is 0. The maximum atomic E-state index is 13.3. The predicted octanol–water partition coefficient (Wildman–Crippen LogP) is 5.22. The van der Waals surface area contributed by atoms with Crippen molar-refractivity contribution in [1.82, 2.24) is 15.5 Å². The lowest BCUT2D eigenvalue weighted by Gasteiger charge is -2.30. The number of hydrogen-bond acceptors (Lipinski definition) is 3. The molecule has 0 radical (unpaired) electrons. The molecule has 2 aliphatic rings. The van der Waals surface area contributed by atoms with Crippen molar-refractivity contribution < 1.29 is 9.59 Å². The molecule has 1 aliphatic carbocycles. The van der Waals surface area contributed by atoms with Crippen LogP contribution in [0.5, 0.6) is 0 Å². The van der Waals surface area contributed by atoms with Gasteiger partial charge in [-0.3, -0.25) is 14.5 Å². The highest BCUT2D eigenvalue weighted by Crippen LogP contribution is 2.28. The Hall–Kier alpha value is -3.18. The molecule has 1 saturated heterocycles. The van der Waals surface area contributed by atoms with Crippen molar-refractivity contribution in [2.24, 2.45) is 5.92 Å². The molecule has 2 N–H and O–H groups in total. The molecule has 0 spiro atoms. The van der Waals surface area contributed by atoms with E-state index in [-0.39, 0.29) is 23.9 Å². The van der Waals surface area contributed by atoms with Crippen molar-refractivity contribution in [3.8, 4) is 0 Å². The van der Waals surface area contributed by atoms with Crippen LogP contribution < -0.4 is 10.6 Å². The monoisotopic (exact) mass is 483 g/mol. The fourth-order valence-corrected chi connectivity index (χ4v) is 6.02. The molecule has 5 rings (SSSR count). The first kappa shape index (κ1) is 24.5. The summed E-state index contributed by atoms with van der Waals surface area (Å²) in [6.07, 6.45) is 7.01. The SMILES string of the molecule is Cc1c(C(=O)NC2CC(C(=O)NCc3ccccc3)N(CC3CCCCC3)C2)ccc2ccccc12. The van der Waals surface area contributed by atoms with Gasteiger partial charge in [0.25, 0.3) is 5.91 Å². The summed E-state index contributed by atoms with van der Waals surface area (Å²) >= 11 is 0. The van der Waals surface area contributed by atoms with Crippen molar-refractivity contribution in [2.45, 2.75) is 64.1 Å². The molecule has 1 aliphatic heterocycles. The van der Waals surface area contributed by atoms with Gasteiger partial charge in [-0.25, -0.2) is 0 Å². The third-order valence-corrected chi connectivity index (χ3v) is 8.01. The van der Waals surface area contributed by atoms with E-state index in [1.165, 1.54) is 32.1 Å². The van der Waals surface area contributed by atoms with Gasteiger partial charge in [0.05, 0.1) is 6.04 Å². The Bertz CT molecular complexity index is 1200. The summed E-state index contributed by atoms with van der Waals surface area (Å²) in [4.78, 5) is 29.0. The number of nitrogens with zero attached hydrogens (tertiary/aromatic N) is 1. The highest BCUT2D eigenvalue weighted by molar-refractivity contribution is 6.01. The van der Waals surface area contributed by atoms with Crippen molar-refractivity contribution in [3.63, 3.8) is 0 Å². The van der Waals surface area contributed by atoms with Crippen LogP contribution >= 0.6 is 0 Å². The minimum Gasteiger partial charge on any atom is -0.351 e. The quantitative estimate of drug-likeness (QED) is 0.485. The summed E-state index contributed by atoms with van der Waals surface area (Å²) in [6.45, 7) is 4.20. The molecule has 0 aromatic heterocycles. The van der Waals surface area contributed by atoms with E-state index in [9.17, 15) is 9.59 Å². The second kappa shape index (κ2) is 11.3. The second-order valence-corrected chi connectivity index (χ2v) is 10.5. The first-order chi connectivity index (χ1) is 17.6. The van der Waals surface area contributed by atoms with Gasteiger partial charge in [-0.2, -0.15) is 0 Å². The summed E-state index contributed by atoms with van der Waals surface area (Å²) < 4.78 is 0. The number of nitrogens with one attached hydrogen (secondary N) is 2. The van der Waals surface area contributed by atoms with Gasteiger partial charge in [0, 0.05) is 31.2 Å². The van der Waals surface area contributed by atoms with Crippen LogP contribution in [0.3, 0.4) is 0 Å². The molecule has 3 aromatic carbocycles. The van der Waals surface area contributed by atoms with Crippen molar-refractivity contribution in [2.75, 3.05) is 13.1 Å². The molecular formula is C31H37N3O2. The van der Waals surface area contributed by atoms with Crippen molar-refractivity contribution in [1.29, 1.82) is 0 Å². The normalized spacial score (nSPS) is 20.9. The molecule has 1 saturated carbocycles. The van der Waals surface area contributed by atoms with E-state index in [0.717, 1.165) is 35.0 Å². The van der Waals surface area contributed by atoms with Gasteiger partial charge in [-0.15, -0.1) is 0 Å². The fourth-order valence-electron chi connectivity index (χ4n) is 6.02. The maximum absolute atomic E-state index is 13.3. The van der Waals surface area contributed by atoms with Crippen LogP contribution in [-0.2, 0) is 11.3 Å². The zero-order chi connectivity index (χ0) is 24.9. The van der Waals surface area contributed by atoms with Crippen LogP contribution in [0.25, 0.3) is 10.8 Å². The molecule has 5 heteroatoms. The average molecular weight is 484 g/mol. The highest BCUT2D eigenvalue weighted by Gasteiger charge is 2.38.